The Morgan fingerprint density at radius 2 is 1.56 bits per heavy atom. The van der Waals surface area contributed by atoms with E-state index in [1.807, 2.05) is 0 Å². The molecule has 1 fully saturated rings. The third-order valence-corrected chi connectivity index (χ3v) is 6.74. The molecule has 0 bridgehead atoms. The lowest BCUT2D eigenvalue weighted by atomic mass is 9.75. The van der Waals surface area contributed by atoms with Gasteiger partial charge in [0.2, 0.25) is 23.1 Å². The van der Waals surface area contributed by atoms with Crippen molar-refractivity contribution in [3.63, 3.8) is 0 Å². The number of aliphatic carboxylic acids is 1. The van der Waals surface area contributed by atoms with E-state index < -0.39 is 64.3 Å². The van der Waals surface area contributed by atoms with Crippen LogP contribution < -0.4 is 5.32 Å². The summed E-state index contributed by atoms with van der Waals surface area (Å²) in [7, 11) is 0. The molecular weight excluding hydrogens is 496 g/mol. The van der Waals surface area contributed by atoms with Crippen LogP contribution in [0.3, 0.4) is 0 Å². The highest BCUT2D eigenvalue weighted by atomic mass is 35.5. The van der Waals surface area contributed by atoms with Crippen molar-refractivity contribution in [3.05, 3.63) is 100 Å². The number of carbonyl (C=O) groups is 4. The van der Waals surface area contributed by atoms with Crippen LogP contribution in [0.5, 0.6) is 0 Å². The number of anilines is 1. The van der Waals surface area contributed by atoms with Crippen molar-refractivity contribution in [2.45, 2.75) is 11.7 Å². The van der Waals surface area contributed by atoms with E-state index in [0.717, 1.165) is 12.1 Å². The summed E-state index contributed by atoms with van der Waals surface area (Å²) in [5.41, 5.74) is -2.68. The van der Waals surface area contributed by atoms with Crippen molar-refractivity contribution >= 4 is 40.7 Å². The first-order chi connectivity index (χ1) is 17.1. The summed E-state index contributed by atoms with van der Waals surface area (Å²) in [6, 6.07) is 14.1. The van der Waals surface area contributed by atoms with Crippen LogP contribution in [-0.4, -0.2) is 34.2 Å². The molecule has 0 saturated carbocycles. The molecule has 3 unspecified atom stereocenters. The van der Waals surface area contributed by atoms with Gasteiger partial charge in [0.15, 0.2) is 0 Å². The number of ether oxygens (including phenoxy) is 1. The molecule has 36 heavy (non-hydrogen) atoms. The summed E-state index contributed by atoms with van der Waals surface area (Å²) < 4.78 is 33.6. The first-order valence-electron chi connectivity index (χ1n) is 10.8. The average molecular weight is 512 g/mol. The molecule has 1 aliphatic carbocycles. The molecule has 5 rings (SSSR count). The Hall–Kier alpha value is -3.95. The van der Waals surface area contributed by atoms with Gasteiger partial charge in [0.1, 0.15) is 17.6 Å². The molecule has 2 aliphatic rings. The van der Waals surface area contributed by atoms with E-state index in [9.17, 15) is 33.1 Å². The monoisotopic (exact) mass is 511 g/mol. The fraction of sp³-hybridized carbons (Fsp3) is 0.154. The largest absolute Gasteiger partial charge is 0.481 e. The van der Waals surface area contributed by atoms with Crippen molar-refractivity contribution in [1.29, 1.82) is 0 Å². The van der Waals surface area contributed by atoms with E-state index in [-0.39, 0.29) is 16.7 Å². The van der Waals surface area contributed by atoms with Gasteiger partial charge in [0.05, 0.1) is 17.7 Å². The van der Waals surface area contributed by atoms with Crippen molar-refractivity contribution in [1.82, 2.24) is 0 Å². The predicted molar refractivity (Wildman–Crippen MR) is 123 cm³/mol. The molecule has 1 heterocycles. The first kappa shape index (κ1) is 23.8. The van der Waals surface area contributed by atoms with E-state index in [2.05, 4.69) is 5.32 Å². The molecule has 10 heteroatoms. The summed E-state index contributed by atoms with van der Waals surface area (Å²) in [5.74, 6) is -9.97. The molecule has 3 atom stereocenters. The van der Waals surface area contributed by atoms with Crippen LogP contribution in [0.15, 0.2) is 66.7 Å². The molecular formula is C26H16ClF2NO6. The molecule has 0 radical (unpaired) electrons. The maximum atomic E-state index is 14.3. The number of carbonyl (C=O) groups excluding carboxylic acids is 3. The number of ketones is 2. The maximum Gasteiger partial charge on any atom is 0.311 e. The maximum absolute atomic E-state index is 14.3. The fourth-order valence-corrected chi connectivity index (χ4v) is 5.02. The molecule has 7 nitrogen and oxygen atoms in total. The summed E-state index contributed by atoms with van der Waals surface area (Å²) in [4.78, 5) is 53.1. The quantitative estimate of drug-likeness (QED) is 0.500. The number of hydrogen-bond acceptors (Lipinski definition) is 5. The van der Waals surface area contributed by atoms with Crippen LogP contribution in [0, 0.1) is 23.5 Å². The number of halogens is 3. The molecule has 0 aromatic heterocycles. The number of benzene rings is 3. The van der Waals surface area contributed by atoms with Gasteiger partial charge in [-0.05, 0) is 29.8 Å². The summed E-state index contributed by atoms with van der Waals surface area (Å²) in [6.07, 6.45) is -1.38. The topological polar surface area (TPSA) is 110 Å². The van der Waals surface area contributed by atoms with Gasteiger partial charge in [-0.25, -0.2) is 8.78 Å². The van der Waals surface area contributed by atoms with Gasteiger partial charge in [-0.3, -0.25) is 19.2 Å². The number of hydrogen-bond donors (Lipinski definition) is 2. The van der Waals surface area contributed by atoms with Crippen molar-refractivity contribution in [3.8, 4) is 0 Å². The Morgan fingerprint density at radius 1 is 0.944 bits per heavy atom. The van der Waals surface area contributed by atoms with Gasteiger partial charge in [0, 0.05) is 22.2 Å². The highest BCUT2D eigenvalue weighted by Crippen LogP contribution is 2.54. The van der Waals surface area contributed by atoms with Crippen LogP contribution in [0.1, 0.15) is 32.4 Å². The fourth-order valence-electron chi connectivity index (χ4n) is 4.90. The van der Waals surface area contributed by atoms with E-state index in [1.165, 1.54) is 48.5 Å². The van der Waals surface area contributed by atoms with Crippen LogP contribution in [0.4, 0.5) is 14.5 Å². The molecule has 3 aromatic carbocycles. The summed E-state index contributed by atoms with van der Waals surface area (Å²) in [6.45, 7) is 0. The lowest BCUT2D eigenvalue weighted by Gasteiger charge is -2.25. The number of carboxylic acid groups (broad SMARTS) is 1. The van der Waals surface area contributed by atoms with Gasteiger partial charge < -0.3 is 15.2 Å². The standard InChI is InChI=1S/C26H16ClF2NO6/c27-13-7-5-12(6-8-13)21-19(24(33)30-18-10-9-14(28)11-17(18)29)20(25(34)35)26(36-21)22(31)15-3-1-2-4-16(15)23(26)32/h1-11,19-21H,(H,30,33)(H,34,35). The van der Waals surface area contributed by atoms with Gasteiger partial charge >= 0.3 is 5.97 Å². The lowest BCUT2D eigenvalue weighted by molar-refractivity contribution is -0.147. The highest BCUT2D eigenvalue weighted by molar-refractivity contribution is 6.34. The molecule has 1 amide bonds. The normalized spacial score (nSPS) is 22.0. The molecule has 2 N–H and O–H groups in total. The molecule has 3 aromatic rings. The Morgan fingerprint density at radius 3 is 2.11 bits per heavy atom. The van der Waals surface area contributed by atoms with Gasteiger partial charge in [-0.15, -0.1) is 0 Å². The zero-order valence-corrected chi connectivity index (χ0v) is 19.0. The third-order valence-electron chi connectivity index (χ3n) is 6.48. The smallest absolute Gasteiger partial charge is 0.311 e. The summed E-state index contributed by atoms with van der Waals surface area (Å²) >= 11 is 5.97. The van der Waals surface area contributed by atoms with Crippen LogP contribution in [0.2, 0.25) is 5.02 Å². The van der Waals surface area contributed by atoms with E-state index in [4.69, 9.17) is 16.3 Å². The lowest BCUT2D eigenvalue weighted by Crippen LogP contribution is -2.52. The third kappa shape index (κ3) is 3.51. The number of nitrogens with one attached hydrogen (secondary N) is 1. The van der Waals surface area contributed by atoms with E-state index in [0.29, 0.717) is 11.1 Å². The Labute approximate surface area is 207 Å². The van der Waals surface area contributed by atoms with Crippen molar-refractivity contribution in [2.24, 2.45) is 11.8 Å². The van der Waals surface area contributed by atoms with Crippen LogP contribution in [0.25, 0.3) is 0 Å². The number of fused-ring (bicyclic) bond motifs is 1. The second kappa shape index (κ2) is 8.61. The average Bonchev–Trinajstić information content (AvgIpc) is 3.32. The molecule has 1 spiro atoms. The van der Waals surface area contributed by atoms with E-state index >= 15 is 0 Å². The number of Topliss-reactive ketones (excluding diaryl/α,β-unsaturated/α-hetero) is 2. The number of rotatable bonds is 4. The van der Waals surface area contributed by atoms with Crippen molar-refractivity contribution < 1.29 is 37.8 Å². The van der Waals surface area contributed by atoms with Gasteiger partial charge in [0.25, 0.3) is 0 Å². The zero-order valence-electron chi connectivity index (χ0n) is 18.2. The van der Waals surface area contributed by atoms with Crippen molar-refractivity contribution in [2.75, 3.05) is 5.32 Å². The Kier molecular flexibility index (Phi) is 5.69. The molecule has 182 valence electrons. The minimum atomic E-state index is -2.51. The highest BCUT2D eigenvalue weighted by Gasteiger charge is 2.71. The van der Waals surface area contributed by atoms with Crippen LogP contribution >= 0.6 is 11.6 Å². The SMILES string of the molecule is O=C(Nc1ccc(F)cc1F)C1C(c2ccc(Cl)cc2)OC2(C(=O)c3ccccc3C2=O)C1C(=O)O. The predicted octanol–water partition coefficient (Wildman–Crippen LogP) is 4.46. The van der Waals surface area contributed by atoms with E-state index in [1.54, 1.807) is 0 Å². The minimum Gasteiger partial charge on any atom is -0.481 e. The van der Waals surface area contributed by atoms with Crippen LogP contribution in [-0.2, 0) is 14.3 Å². The number of amides is 1. The first-order valence-corrected chi connectivity index (χ1v) is 11.1. The Bertz CT molecular complexity index is 1410. The summed E-state index contributed by atoms with van der Waals surface area (Å²) in [5, 5.41) is 12.8. The molecule has 1 saturated heterocycles. The number of carboxylic acids is 1. The second-order valence-electron chi connectivity index (χ2n) is 8.48. The zero-order chi connectivity index (χ0) is 25.8. The Balaban J connectivity index is 1.65. The second-order valence-corrected chi connectivity index (χ2v) is 8.92. The molecule has 1 aliphatic heterocycles. The minimum absolute atomic E-state index is 0.0192. The van der Waals surface area contributed by atoms with Gasteiger partial charge in [-0.1, -0.05) is 48.0 Å². The van der Waals surface area contributed by atoms with Gasteiger partial charge in [-0.2, -0.15) is 0 Å².